The highest BCUT2D eigenvalue weighted by atomic mass is 16.2. The normalized spacial score (nSPS) is 18.1. The Kier molecular flexibility index (Phi) is 3.57. The van der Waals surface area contributed by atoms with E-state index < -0.39 is 23.3 Å². The lowest BCUT2D eigenvalue weighted by Gasteiger charge is -2.38. The fourth-order valence-corrected chi connectivity index (χ4v) is 2.48. The van der Waals surface area contributed by atoms with E-state index in [1.807, 2.05) is 0 Å². The van der Waals surface area contributed by atoms with E-state index in [1.54, 1.807) is 39.1 Å². The maximum absolute atomic E-state index is 12.7. The molecule has 1 N–H and O–H groups in total. The number of nitrogens with zero attached hydrogens (tertiary/aromatic N) is 2. The number of nitrogens with one attached hydrogen (secondary N) is 1. The van der Waals surface area contributed by atoms with E-state index in [0.717, 1.165) is 4.90 Å². The summed E-state index contributed by atoms with van der Waals surface area (Å²) in [5.41, 5.74) is -0.212. The largest absolute Gasteiger partial charge is 0.335 e. The van der Waals surface area contributed by atoms with E-state index in [1.165, 1.54) is 0 Å². The summed E-state index contributed by atoms with van der Waals surface area (Å²) in [6.07, 6.45) is 2.28. The lowest BCUT2D eigenvalue weighted by molar-refractivity contribution is -0.143. The second-order valence-corrected chi connectivity index (χ2v) is 4.80. The van der Waals surface area contributed by atoms with Crippen LogP contribution in [0.25, 0.3) is 0 Å². The SMILES string of the molecule is CCC1(CC)C(=O)NC(=O)N(c2cccnc2C)C1=O. The number of imide groups is 2. The molecule has 106 valence electrons. The van der Waals surface area contributed by atoms with Crippen molar-refractivity contribution in [3.8, 4) is 0 Å². The van der Waals surface area contributed by atoms with Gasteiger partial charge in [-0.05, 0) is 31.9 Å². The van der Waals surface area contributed by atoms with Crippen LogP contribution in [-0.4, -0.2) is 22.8 Å². The first kappa shape index (κ1) is 14.2. The zero-order valence-electron chi connectivity index (χ0n) is 11.8. The highest BCUT2D eigenvalue weighted by Crippen LogP contribution is 2.35. The number of amides is 4. The van der Waals surface area contributed by atoms with Crippen molar-refractivity contribution in [2.24, 2.45) is 5.41 Å². The van der Waals surface area contributed by atoms with Crippen molar-refractivity contribution >= 4 is 23.5 Å². The van der Waals surface area contributed by atoms with E-state index in [2.05, 4.69) is 10.3 Å². The van der Waals surface area contributed by atoms with Crippen molar-refractivity contribution in [2.45, 2.75) is 33.6 Å². The van der Waals surface area contributed by atoms with Gasteiger partial charge < -0.3 is 0 Å². The van der Waals surface area contributed by atoms with Crippen LogP contribution in [0.15, 0.2) is 18.3 Å². The number of carbonyl (C=O) groups is 3. The Labute approximate surface area is 117 Å². The summed E-state index contributed by atoms with van der Waals surface area (Å²) in [5.74, 6) is -0.998. The van der Waals surface area contributed by atoms with Crippen molar-refractivity contribution in [1.82, 2.24) is 10.3 Å². The molecular formula is C14H17N3O3. The summed E-state index contributed by atoms with van der Waals surface area (Å²) in [7, 11) is 0. The van der Waals surface area contributed by atoms with Crippen LogP contribution in [0.3, 0.4) is 0 Å². The number of urea groups is 1. The minimum absolute atomic E-state index is 0.345. The molecule has 1 aromatic heterocycles. The van der Waals surface area contributed by atoms with Crippen LogP contribution in [0.5, 0.6) is 0 Å². The van der Waals surface area contributed by atoms with Gasteiger partial charge in [0, 0.05) is 6.20 Å². The summed E-state index contributed by atoms with van der Waals surface area (Å²) in [6, 6.07) is 2.58. The van der Waals surface area contributed by atoms with Gasteiger partial charge in [-0.3, -0.25) is 19.9 Å². The van der Waals surface area contributed by atoms with Gasteiger partial charge in [-0.15, -0.1) is 0 Å². The maximum atomic E-state index is 12.7. The van der Waals surface area contributed by atoms with Gasteiger partial charge in [0.15, 0.2) is 0 Å². The van der Waals surface area contributed by atoms with Crippen LogP contribution >= 0.6 is 0 Å². The van der Waals surface area contributed by atoms with E-state index in [4.69, 9.17) is 0 Å². The molecule has 0 unspecified atom stereocenters. The third-order valence-corrected chi connectivity index (χ3v) is 3.90. The fraction of sp³-hybridized carbons (Fsp3) is 0.429. The molecule has 0 saturated carbocycles. The summed E-state index contributed by atoms with van der Waals surface area (Å²) in [4.78, 5) is 41.9. The van der Waals surface area contributed by atoms with Crippen molar-refractivity contribution in [1.29, 1.82) is 0 Å². The number of aromatic nitrogens is 1. The summed E-state index contributed by atoms with van der Waals surface area (Å²) >= 11 is 0. The summed E-state index contributed by atoms with van der Waals surface area (Å²) < 4.78 is 0. The minimum atomic E-state index is -1.18. The molecule has 1 saturated heterocycles. The molecule has 0 aromatic carbocycles. The molecule has 1 aromatic rings. The van der Waals surface area contributed by atoms with Crippen LogP contribution in [0, 0.1) is 12.3 Å². The highest BCUT2D eigenvalue weighted by molar-refractivity contribution is 6.30. The lowest BCUT2D eigenvalue weighted by atomic mass is 9.78. The van der Waals surface area contributed by atoms with Crippen LogP contribution in [0.2, 0.25) is 0 Å². The summed E-state index contributed by atoms with van der Waals surface area (Å²) in [6.45, 7) is 5.25. The Bertz CT molecular complexity index is 579. The van der Waals surface area contributed by atoms with E-state index in [9.17, 15) is 14.4 Å². The van der Waals surface area contributed by atoms with Gasteiger partial charge in [0.1, 0.15) is 5.41 Å². The third-order valence-electron chi connectivity index (χ3n) is 3.90. The molecule has 4 amide bonds. The molecule has 2 rings (SSSR count). The predicted molar refractivity (Wildman–Crippen MR) is 73.0 cm³/mol. The molecule has 1 fully saturated rings. The first-order valence-electron chi connectivity index (χ1n) is 6.59. The molecule has 0 spiro atoms. The molecular weight excluding hydrogens is 258 g/mol. The Morgan fingerprint density at radius 1 is 1.25 bits per heavy atom. The predicted octanol–water partition coefficient (Wildman–Crippen LogP) is 1.78. The van der Waals surface area contributed by atoms with Gasteiger partial charge in [-0.2, -0.15) is 0 Å². The maximum Gasteiger partial charge on any atom is 0.335 e. The number of hydrogen-bond donors (Lipinski definition) is 1. The standard InChI is InChI=1S/C14H17N3O3/c1-4-14(5-2)11(18)16-13(20)17(12(14)19)10-7-6-8-15-9(10)3/h6-8H,4-5H2,1-3H3,(H,16,18,20). The topological polar surface area (TPSA) is 79.4 Å². The number of aryl methyl sites for hydroxylation is 1. The molecule has 20 heavy (non-hydrogen) atoms. The van der Waals surface area contributed by atoms with Gasteiger partial charge in [-0.25, -0.2) is 9.69 Å². The Morgan fingerprint density at radius 2 is 1.90 bits per heavy atom. The number of pyridine rings is 1. The quantitative estimate of drug-likeness (QED) is 0.853. The zero-order chi connectivity index (χ0) is 14.9. The van der Waals surface area contributed by atoms with Gasteiger partial charge in [0.2, 0.25) is 5.91 Å². The Morgan fingerprint density at radius 3 is 2.45 bits per heavy atom. The Balaban J connectivity index is 2.54. The molecule has 0 aliphatic carbocycles. The van der Waals surface area contributed by atoms with E-state index >= 15 is 0 Å². The van der Waals surface area contributed by atoms with Crippen molar-refractivity contribution in [3.63, 3.8) is 0 Å². The third kappa shape index (κ3) is 1.88. The van der Waals surface area contributed by atoms with Gasteiger partial charge >= 0.3 is 6.03 Å². The number of rotatable bonds is 3. The van der Waals surface area contributed by atoms with Crippen LogP contribution < -0.4 is 10.2 Å². The number of hydrogen-bond acceptors (Lipinski definition) is 4. The number of carbonyl (C=O) groups excluding carboxylic acids is 3. The van der Waals surface area contributed by atoms with E-state index in [-0.39, 0.29) is 0 Å². The van der Waals surface area contributed by atoms with Crippen LogP contribution in [-0.2, 0) is 9.59 Å². The second-order valence-electron chi connectivity index (χ2n) is 4.80. The first-order chi connectivity index (χ1) is 9.47. The molecule has 1 aliphatic heterocycles. The smallest absolute Gasteiger partial charge is 0.276 e. The molecule has 0 bridgehead atoms. The van der Waals surface area contributed by atoms with Gasteiger partial charge in [-0.1, -0.05) is 13.8 Å². The van der Waals surface area contributed by atoms with Crippen LogP contribution in [0.4, 0.5) is 10.5 Å². The van der Waals surface area contributed by atoms with Crippen molar-refractivity contribution in [2.75, 3.05) is 4.90 Å². The average molecular weight is 275 g/mol. The first-order valence-corrected chi connectivity index (χ1v) is 6.59. The van der Waals surface area contributed by atoms with Crippen molar-refractivity contribution < 1.29 is 14.4 Å². The molecule has 0 radical (unpaired) electrons. The van der Waals surface area contributed by atoms with E-state index in [0.29, 0.717) is 24.2 Å². The Hall–Kier alpha value is -2.24. The molecule has 1 aliphatic rings. The minimum Gasteiger partial charge on any atom is -0.276 e. The summed E-state index contributed by atoms with van der Waals surface area (Å²) in [5, 5.41) is 2.28. The fourth-order valence-electron chi connectivity index (χ4n) is 2.48. The van der Waals surface area contributed by atoms with Gasteiger partial charge in [0.05, 0.1) is 11.4 Å². The monoisotopic (exact) mass is 275 g/mol. The number of barbiturate groups is 1. The molecule has 6 heteroatoms. The average Bonchev–Trinajstić information content (AvgIpc) is 2.42. The lowest BCUT2D eigenvalue weighted by Crippen LogP contribution is -2.64. The second kappa shape index (κ2) is 5.03. The van der Waals surface area contributed by atoms with Gasteiger partial charge in [0.25, 0.3) is 5.91 Å². The number of anilines is 1. The van der Waals surface area contributed by atoms with Crippen molar-refractivity contribution in [3.05, 3.63) is 24.0 Å². The zero-order valence-corrected chi connectivity index (χ0v) is 11.8. The molecule has 0 atom stereocenters. The molecule has 2 heterocycles. The molecule has 6 nitrogen and oxygen atoms in total. The highest BCUT2D eigenvalue weighted by Gasteiger charge is 2.52. The van der Waals surface area contributed by atoms with Crippen LogP contribution in [0.1, 0.15) is 32.4 Å².